The van der Waals surface area contributed by atoms with Crippen molar-refractivity contribution in [2.24, 2.45) is 0 Å². The predicted molar refractivity (Wildman–Crippen MR) is 54.2 cm³/mol. The van der Waals surface area contributed by atoms with Gasteiger partial charge in [0.05, 0.1) is 0 Å². The van der Waals surface area contributed by atoms with E-state index < -0.39 is 0 Å². The van der Waals surface area contributed by atoms with Gasteiger partial charge in [0.1, 0.15) is 0 Å². The Labute approximate surface area is 75.6 Å². The van der Waals surface area contributed by atoms with Crippen LogP contribution in [0, 0.1) is 0 Å². The second-order valence-corrected chi connectivity index (χ2v) is 3.45. The Kier molecular flexibility index (Phi) is 4.09. The summed E-state index contributed by atoms with van der Waals surface area (Å²) in [6.07, 6.45) is 11.3. The number of hydrogen-bond acceptors (Lipinski definition) is 1. The summed E-state index contributed by atoms with van der Waals surface area (Å²) in [5.74, 6) is 0. The molecular weight excluding hydrogens is 146 g/mol. The van der Waals surface area contributed by atoms with Gasteiger partial charge in [0.2, 0.25) is 0 Å². The van der Waals surface area contributed by atoms with Crippen molar-refractivity contribution in [2.75, 3.05) is 0 Å². The van der Waals surface area contributed by atoms with Gasteiger partial charge in [-0.05, 0) is 19.3 Å². The van der Waals surface area contributed by atoms with E-state index in [1.807, 2.05) is 6.08 Å². The molecule has 0 bridgehead atoms. The van der Waals surface area contributed by atoms with Crippen molar-refractivity contribution in [3.05, 3.63) is 24.8 Å². The van der Waals surface area contributed by atoms with Crippen LogP contribution >= 0.6 is 0 Å². The van der Waals surface area contributed by atoms with Crippen LogP contribution in [0.5, 0.6) is 0 Å². The Morgan fingerprint density at radius 2 is 2.50 bits per heavy atom. The van der Waals surface area contributed by atoms with Gasteiger partial charge in [-0.15, -0.1) is 6.58 Å². The number of nitrogens with one attached hydrogen (secondary N) is 1. The minimum Gasteiger partial charge on any atom is -0.307 e. The molecule has 0 amide bonds. The predicted octanol–water partition coefficient (Wildman–Crippen LogP) is 2.65. The normalized spacial score (nSPS) is 28.8. The first kappa shape index (κ1) is 9.53. The maximum atomic E-state index is 3.76. The molecule has 1 rings (SSSR count). The maximum Gasteiger partial charge on any atom is 0.0252 e. The van der Waals surface area contributed by atoms with Crippen LogP contribution in [-0.4, -0.2) is 12.1 Å². The lowest BCUT2D eigenvalue weighted by atomic mass is 10.0. The fraction of sp³-hybridized carbons (Fsp3) is 0.636. The van der Waals surface area contributed by atoms with Crippen LogP contribution in [0.2, 0.25) is 0 Å². The molecule has 0 unspecified atom stereocenters. The lowest BCUT2D eigenvalue weighted by Crippen LogP contribution is -2.39. The molecule has 0 spiro atoms. The van der Waals surface area contributed by atoms with Crippen molar-refractivity contribution < 1.29 is 0 Å². The summed E-state index contributed by atoms with van der Waals surface area (Å²) in [5.41, 5.74) is 0. The molecule has 1 heteroatoms. The van der Waals surface area contributed by atoms with Crippen molar-refractivity contribution in [1.82, 2.24) is 5.32 Å². The van der Waals surface area contributed by atoms with Gasteiger partial charge in [-0.25, -0.2) is 0 Å². The van der Waals surface area contributed by atoms with E-state index in [0.717, 1.165) is 12.8 Å². The zero-order valence-corrected chi connectivity index (χ0v) is 7.92. The first-order chi connectivity index (χ1) is 5.86. The average Bonchev–Trinajstić information content (AvgIpc) is 2.06. The van der Waals surface area contributed by atoms with Crippen molar-refractivity contribution in [2.45, 2.75) is 44.7 Å². The fourth-order valence-corrected chi connectivity index (χ4v) is 1.69. The average molecular weight is 165 g/mol. The van der Waals surface area contributed by atoms with Crippen molar-refractivity contribution in [3.63, 3.8) is 0 Å². The third kappa shape index (κ3) is 2.82. The van der Waals surface area contributed by atoms with Gasteiger partial charge >= 0.3 is 0 Å². The molecule has 0 radical (unpaired) electrons. The molecule has 12 heavy (non-hydrogen) atoms. The van der Waals surface area contributed by atoms with Gasteiger partial charge in [0.25, 0.3) is 0 Å². The van der Waals surface area contributed by atoms with Crippen molar-refractivity contribution in [1.29, 1.82) is 0 Å². The summed E-state index contributed by atoms with van der Waals surface area (Å²) < 4.78 is 0. The highest BCUT2D eigenvalue weighted by molar-refractivity contribution is 5.02. The van der Waals surface area contributed by atoms with E-state index in [-0.39, 0.29) is 0 Å². The molecule has 0 saturated heterocycles. The van der Waals surface area contributed by atoms with E-state index in [4.69, 9.17) is 0 Å². The van der Waals surface area contributed by atoms with Gasteiger partial charge in [0.15, 0.2) is 0 Å². The van der Waals surface area contributed by atoms with E-state index >= 15 is 0 Å². The zero-order chi connectivity index (χ0) is 8.81. The van der Waals surface area contributed by atoms with Crippen LogP contribution in [0.25, 0.3) is 0 Å². The van der Waals surface area contributed by atoms with Crippen LogP contribution in [0.15, 0.2) is 24.8 Å². The van der Waals surface area contributed by atoms with Gasteiger partial charge < -0.3 is 5.32 Å². The van der Waals surface area contributed by atoms with Crippen LogP contribution in [0.4, 0.5) is 0 Å². The first-order valence-electron chi connectivity index (χ1n) is 4.90. The lowest BCUT2D eigenvalue weighted by Gasteiger charge is -2.25. The Hall–Kier alpha value is -0.560. The second kappa shape index (κ2) is 5.15. The Morgan fingerprint density at radius 1 is 1.67 bits per heavy atom. The van der Waals surface area contributed by atoms with Crippen LogP contribution in [0.1, 0.15) is 32.6 Å². The van der Waals surface area contributed by atoms with Crippen LogP contribution in [0.3, 0.4) is 0 Å². The molecule has 0 fully saturated rings. The maximum absolute atomic E-state index is 3.76. The molecule has 0 aromatic rings. The molecule has 0 saturated carbocycles. The summed E-state index contributed by atoms with van der Waals surface area (Å²) in [7, 11) is 0. The van der Waals surface area contributed by atoms with Crippen molar-refractivity contribution >= 4 is 0 Å². The third-order valence-electron chi connectivity index (χ3n) is 2.29. The Balaban J connectivity index is 2.34. The zero-order valence-electron chi connectivity index (χ0n) is 7.92. The largest absolute Gasteiger partial charge is 0.307 e. The summed E-state index contributed by atoms with van der Waals surface area (Å²) in [5, 5.41) is 3.60. The molecule has 0 aromatic carbocycles. The monoisotopic (exact) mass is 165 g/mol. The van der Waals surface area contributed by atoms with Crippen LogP contribution in [-0.2, 0) is 0 Å². The molecule has 1 nitrogen and oxygen atoms in total. The van der Waals surface area contributed by atoms with Gasteiger partial charge in [-0.2, -0.15) is 0 Å². The van der Waals surface area contributed by atoms with E-state index in [0.29, 0.717) is 12.1 Å². The number of hydrogen-bond donors (Lipinski definition) is 1. The summed E-state index contributed by atoms with van der Waals surface area (Å²) in [6.45, 7) is 5.99. The highest BCUT2D eigenvalue weighted by Gasteiger charge is 2.13. The van der Waals surface area contributed by atoms with E-state index in [9.17, 15) is 0 Å². The topological polar surface area (TPSA) is 12.0 Å². The Morgan fingerprint density at radius 3 is 3.17 bits per heavy atom. The lowest BCUT2D eigenvalue weighted by molar-refractivity contribution is 0.435. The minimum atomic E-state index is 0.605. The first-order valence-corrected chi connectivity index (χ1v) is 4.90. The summed E-state index contributed by atoms with van der Waals surface area (Å²) in [6, 6.07) is 1.23. The van der Waals surface area contributed by atoms with Gasteiger partial charge in [-0.3, -0.25) is 0 Å². The molecule has 0 aliphatic carbocycles. The van der Waals surface area contributed by atoms with Crippen LogP contribution < -0.4 is 5.32 Å². The molecule has 68 valence electrons. The van der Waals surface area contributed by atoms with Gasteiger partial charge in [-0.1, -0.05) is 31.6 Å². The smallest absolute Gasteiger partial charge is 0.0252 e. The quantitative estimate of drug-likeness (QED) is 0.631. The summed E-state index contributed by atoms with van der Waals surface area (Å²) >= 11 is 0. The third-order valence-corrected chi connectivity index (χ3v) is 2.29. The molecular formula is C11H19N. The molecule has 1 N–H and O–H groups in total. The number of rotatable bonds is 4. The molecule has 1 aliphatic heterocycles. The van der Waals surface area contributed by atoms with Crippen molar-refractivity contribution in [3.8, 4) is 0 Å². The van der Waals surface area contributed by atoms with E-state index in [1.54, 1.807) is 0 Å². The highest BCUT2D eigenvalue weighted by atomic mass is 14.9. The highest BCUT2D eigenvalue weighted by Crippen LogP contribution is 2.11. The molecule has 0 aromatic heterocycles. The van der Waals surface area contributed by atoms with E-state index in [1.165, 1.54) is 12.8 Å². The van der Waals surface area contributed by atoms with E-state index in [2.05, 4.69) is 31.0 Å². The fourth-order valence-electron chi connectivity index (χ4n) is 1.69. The summed E-state index contributed by atoms with van der Waals surface area (Å²) in [4.78, 5) is 0. The standard InChI is InChI=1S/C11H19N/c1-3-6-10-8-5-9-11(12-10)7-4-2/h3,5,9-12H,1,4,6-8H2,2H3/t10-,11-/m0/s1. The Bertz CT molecular complexity index is 160. The van der Waals surface area contributed by atoms with Gasteiger partial charge in [0, 0.05) is 12.1 Å². The second-order valence-electron chi connectivity index (χ2n) is 3.45. The molecule has 1 heterocycles. The molecule has 1 aliphatic rings. The SMILES string of the molecule is C=CC[C@H]1CC=C[C@H](CCC)N1. The molecule has 2 atom stereocenters. The minimum absolute atomic E-state index is 0.605.